The first kappa shape index (κ1) is 23.2. The smallest absolute Gasteiger partial charge is 0.321 e. The summed E-state index contributed by atoms with van der Waals surface area (Å²) in [5.74, 6) is 0.297. The SMILES string of the molecule is CC(C)CN1C[C@H](C)C[C@@H](Oc2ccc3c(c2)CN(C2CCC(=O)N(OC=O)C2=O)C3=O)C1. The number of hydroxylamine groups is 2. The van der Waals surface area contributed by atoms with Crippen molar-refractivity contribution in [3.63, 3.8) is 0 Å². The summed E-state index contributed by atoms with van der Waals surface area (Å²) < 4.78 is 6.31. The molecule has 0 aliphatic carbocycles. The minimum absolute atomic E-state index is 0.0193. The Labute approximate surface area is 193 Å². The first-order valence-electron chi connectivity index (χ1n) is 11.6. The maximum absolute atomic E-state index is 13.0. The van der Waals surface area contributed by atoms with Gasteiger partial charge in [0.1, 0.15) is 17.9 Å². The van der Waals surface area contributed by atoms with Gasteiger partial charge in [-0.15, -0.1) is 5.06 Å². The summed E-state index contributed by atoms with van der Waals surface area (Å²) in [4.78, 5) is 56.7. The molecule has 9 nitrogen and oxygen atoms in total. The predicted molar refractivity (Wildman–Crippen MR) is 118 cm³/mol. The van der Waals surface area contributed by atoms with Gasteiger partial charge in [0.25, 0.3) is 17.7 Å². The van der Waals surface area contributed by atoms with E-state index in [1.54, 1.807) is 12.1 Å². The average Bonchev–Trinajstić information content (AvgIpc) is 3.06. The van der Waals surface area contributed by atoms with Crippen molar-refractivity contribution in [1.29, 1.82) is 0 Å². The fourth-order valence-electron chi connectivity index (χ4n) is 5.18. The van der Waals surface area contributed by atoms with Gasteiger partial charge in [0, 0.05) is 38.2 Å². The highest BCUT2D eigenvalue weighted by atomic mass is 16.7. The molecule has 3 aliphatic heterocycles. The lowest BCUT2D eigenvalue weighted by Crippen LogP contribution is -2.54. The van der Waals surface area contributed by atoms with Crippen LogP contribution in [0.25, 0.3) is 0 Å². The standard InChI is InChI=1S/C24H31N3O6/c1-15(2)10-25-11-16(3)8-19(13-25)33-18-4-5-20-17(9-18)12-26(23(20)30)21-6-7-22(29)27(24(21)31)32-14-28/h4-5,9,14-16,19,21H,6-8,10-13H2,1-3H3/t16-,19-,21?/m1/s1. The first-order valence-corrected chi connectivity index (χ1v) is 11.6. The molecule has 4 rings (SSSR count). The van der Waals surface area contributed by atoms with E-state index in [9.17, 15) is 19.2 Å². The highest BCUT2D eigenvalue weighted by molar-refractivity contribution is 6.05. The van der Waals surface area contributed by atoms with E-state index < -0.39 is 17.9 Å². The zero-order valence-corrected chi connectivity index (χ0v) is 19.4. The number of nitrogens with zero attached hydrogens (tertiary/aromatic N) is 3. The van der Waals surface area contributed by atoms with Crippen molar-refractivity contribution >= 4 is 24.2 Å². The van der Waals surface area contributed by atoms with Gasteiger partial charge in [0.05, 0.1) is 0 Å². The molecule has 2 saturated heterocycles. The third-order valence-electron chi connectivity index (χ3n) is 6.40. The predicted octanol–water partition coefficient (Wildman–Crippen LogP) is 1.99. The largest absolute Gasteiger partial charge is 0.489 e. The zero-order valence-electron chi connectivity index (χ0n) is 19.4. The van der Waals surface area contributed by atoms with E-state index in [-0.39, 0.29) is 37.9 Å². The molecule has 0 N–H and O–H groups in total. The molecule has 1 aromatic carbocycles. The molecule has 0 spiro atoms. The number of carbonyl (C=O) groups is 4. The Balaban J connectivity index is 1.45. The van der Waals surface area contributed by atoms with Gasteiger partial charge in [-0.3, -0.25) is 24.1 Å². The number of piperidine rings is 2. The maximum Gasteiger partial charge on any atom is 0.321 e. The van der Waals surface area contributed by atoms with Crippen LogP contribution in [0.2, 0.25) is 0 Å². The number of carbonyl (C=O) groups excluding carboxylic acids is 4. The molecule has 3 heterocycles. The van der Waals surface area contributed by atoms with Crippen LogP contribution in [0.1, 0.15) is 56.0 Å². The van der Waals surface area contributed by atoms with Crippen LogP contribution in [0.3, 0.4) is 0 Å². The molecule has 33 heavy (non-hydrogen) atoms. The van der Waals surface area contributed by atoms with E-state index in [2.05, 4.69) is 30.5 Å². The molecule has 1 unspecified atom stereocenters. The van der Waals surface area contributed by atoms with Crippen LogP contribution in [-0.4, -0.2) is 70.8 Å². The Morgan fingerprint density at radius 2 is 1.97 bits per heavy atom. The second-order valence-electron chi connectivity index (χ2n) is 9.73. The number of likely N-dealkylation sites (tertiary alicyclic amines) is 1. The van der Waals surface area contributed by atoms with Gasteiger partial charge in [-0.25, -0.2) is 0 Å². The lowest BCUT2D eigenvalue weighted by Gasteiger charge is -2.37. The fourth-order valence-corrected chi connectivity index (χ4v) is 5.18. The molecule has 178 valence electrons. The number of hydrogen-bond acceptors (Lipinski definition) is 7. The van der Waals surface area contributed by atoms with Gasteiger partial charge in [-0.2, -0.15) is 0 Å². The van der Waals surface area contributed by atoms with Crippen molar-refractivity contribution in [3.8, 4) is 5.75 Å². The van der Waals surface area contributed by atoms with Crippen LogP contribution in [0, 0.1) is 11.8 Å². The maximum atomic E-state index is 13.0. The Hall–Kier alpha value is -2.94. The molecule has 2 fully saturated rings. The fraction of sp³-hybridized carbons (Fsp3) is 0.583. The van der Waals surface area contributed by atoms with Crippen LogP contribution >= 0.6 is 0 Å². The number of benzene rings is 1. The Morgan fingerprint density at radius 1 is 1.18 bits per heavy atom. The van der Waals surface area contributed by atoms with Crippen LogP contribution in [0.15, 0.2) is 18.2 Å². The minimum atomic E-state index is -0.851. The van der Waals surface area contributed by atoms with Crippen molar-refractivity contribution in [2.75, 3.05) is 19.6 Å². The van der Waals surface area contributed by atoms with E-state index in [0.717, 1.165) is 31.6 Å². The minimum Gasteiger partial charge on any atom is -0.489 e. The average molecular weight is 458 g/mol. The van der Waals surface area contributed by atoms with Gasteiger partial charge in [0.15, 0.2) is 0 Å². The molecular weight excluding hydrogens is 426 g/mol. The Morgan fingerprint density at radius 3 is 2.70 bits per heavy atom. The molecule has 3 aliphatic rings. The van der Waals surface area contributed by atoms with Crippen LogP contribution < -0.4 is 4.74 Å². The number of rotatable bonds is 7. The monoisotopic (exact) mass is 457 g/mol. The summed E-state index contributed by atoms with van der Waals surface area (Å²) in [5.41, 5.74) is 1.31. The second-order valence-corrected chi connectivity index (χ2v) is 9.73. The van der Waals surface area contributed by atoms with Gasteiger partial charge < -0.3 is 14.5 Å². The van der Waals surface area contributed by atoms with E-state index >= 15 is 0 Å². The van der Waals surface area contributed by atoms with Gasteiger partial charge in [-0.05, 0) is 48.4 Å². The van der Waals surface area contributed by atoms with Gasteiger partial charge >= 0.3 is 6.47 Å². The van der Waals surface area contributed by atoms with Gasteiger partial charge in [-0.1, -0.05) is 20.8 Å². The molecule has 0 saturated carbocycles. The third-order valence-corrected chi connectivity index (χ3v) is 6.40. The van der Waals surface area contributed by atoms with Crippen LogP contribution in [-0.2, 0) is 25.8 Å². The van der Waals surface area contributed by atoms with Crippen molar-refractivity contribution in [3.05, 3.63) is 29.3 Å². The highest BCUT2D eigenvalue weighted by Crippen LogP contribution is 2.32. The van der Waals surface area contributed by atoms with Crippen molar-refractivity contribution < 1.29 is 28.8 Å². The quantitative estimate of drug-likeness (QED) is 0.456. The van der Waals surface area contributed by atoms with E-state index in [1.165, 1.54) is 4.90 Å². The molecule has 0 radical (unpaired) electrons. The van der Waals surface area contributed by atoms with Crippen molar-refractivity contribution in [1.82, 2.24) is 14.9 Å². The molecular formula is C24H31N3O6. The third kappa shape index (κ3) is 4.88. The lowest BCUT2D eigenvalue weighted by molar-refractivity contribution is -0.200. The van der Waals surface area contributed by atoms with Crippen LogP contribution in [0.4, 0.5) is 0 Å². The molecule has 1 aromatic rings. The number of amides is 3. The number of ether oxygens (including phenoxy) is 1. The van der Waals surface area contributed by atoms with Crippen LogP contribution in [0.5, 0.6) is 5.75 Å². The van der Waals surface area contributed by atoms with Crippen molar-refractivity contribution in [2.45, 2.75) is 58.7 Å². The van der Waals surface area contributed by atoms with Gasteiger partial charge in [0.2, 0.25) is 0 Å². The number of imide groups is 1. The summed E-state index contributed by atoms with van der Waals surface area (Å²) in [6.45, 7) is 9.95. The second kappa shape index (κ2) is 9.51. The summed E-state index contributed by atoms with van der Waals surface area (Å²) >= 11 is 0. The summed E-state index contributed by atoms with van der Waals surface area (Å²) in [7, 11) is 0. The number of hydrogen-bond donors (Lipinski definition) is 0. The molecule has 0 bridgehead atoms. The summed E-state index contributed by atoms with van der Waals surface area (Å²) in [5, 5.41) is 0.457. The normalized spacial score (nSPS) is 26.1. The van der Waals surface area contributed by atoms with E-state index in [1.807, 2.05) is 6.07 Å². The Bertz CT molecular complexity index is 946. The molecule has 9 heteroatoms. The Kier molecular flexibility index (Phi) is 6.69. The summed E-state index contributed by atoms with van der Waals surface area (Å²) in [6.07, 6.45) is 1.28. The topological polar surface area (TPSA) is 96.5 Å². The molecule has 0 aromatic heterocycles. The summed E-state index contributed by atoms with van der Waals surface area (Å²) in [6, 6.07) is 4.57. The van der Waals surface area contributed by atoms with E-state index in [4.69, 9.17) is 4.74 Å². The number of fused-ring (bicyclic) bond motifs is 1. The zero-order chi connectivity index (χ0) is 23.7. The lowest BCUT2D eigenvalue weighted by atomic mass is 9.97. The molecule has 3 atom stereocenters. The highest BCUT2D eigenvalue weighted by Gasteiger charge is 2.44. The van der Waals surface area contributed by atoms with E-state index in [0.29, 0.717) is 28.2 Å². The first-order chi connectivity index (χ1) is 15.8. The van der Waals surface area contributed by atoms with Crippen molar-refractivity contribution in [2.24, 2.45) is 11.8 Å². The molecule has 3 amide bonds.